The van der Waals surface area contributed by atoms with E-state index in [1.807, 2.05) is 94.6 Å². The number of fused-ring (bicyclic) bond motifs is 1. The van der Waals surface area contributed by atoms with Gasteiger partial charge in [0.1, 0.15) is 29.4 Å². The van der Waals surface area contributed by atoms with Crippen LogP contribution in [0.15, 0.2) is 77.5 Å². The molecule has 332 valence electrons. The van der Waals surface area contributed by atoms with E-state index >= 15 is 0 Å². The SMILES string of the molecule is C=C[C@@H]1C[C@]1(CC(=O)[C@@H]1C[C@@H](Oc2cc(-c3csc(NC(C)C)n3)nc3cc(OC)ccc23)CN1C(=O)[C@@H](CC(=O)OC1CCCC1)C(C)(C)C)P(=O)(O)CSc1ccccc1. The summed E-state index contributed by atoms with van der Waals surface area (Å²) < 4.78 is 32.6. The molecule has 2 saturated carbocycles. The van der Waals surface area contributed by atoms with Crippen LogP contribution < -0.4 is 14.8 Å². The molecule has 0 bridgehead atoms. The third-order valence-electron chi connectivity index (χ3n) is 12.4. The number of aromatic nitrogens is 2. The lowest BCUT2D eigenvalue weighted by Crippen LogP contribution is -2.48. The van der Waals surface area contributed by atoms with E-state index in [0.29, 0.717) is 40.2 Å². The highest BCUT2D eigenvalue weighted by molar-refractivity contribution is 8.05. The van der Waals surface area contributed by atoms with Gasteiger partial charge in [-0.05, 0) is 81.5 Å². The number of hydrogen-bond acceptors (Lipinski definition) is 12. The van der Waals surface area contributed by atoms with Crippen molar-refractivity contribution < 1.29 is 38.1 Å². The molecule has 2 N–H and O–H groups in total. The third-order valence-corrected chi connectivity index (χ3v) is 17.8. The van der Waals surface area contributed by atoms with Crippen molar-refractivity contribution in [2.45, 2.75) is 120 Å². The maximum atomic E-state index is 15.0. The first-order valence-electron chi connectivity index (χ1n) is 21.5. The molecule has 2 aromatic carbocycles. The molecule has 6 atom stereocenters. The minimum absolute atomic E-state index is 0.0564. The second kappa shape index (κ2) is 18.9. The quantitative estimate of drug-likeness (QED) is 0.0422. The predicted octanol–water partition coefficient (Wildman–Crippen LogP) is 10.00. The smallest absolute Gasteiger partial charge is 0.306 e. The number of rotatable bonds is 18. The number of anilines is 1. The lowest BCUT2D eigenvalue weighted by molar-refractivity contribution is -0.156. The lowest BCUT2D eigenvalue weighted by atomic mass is 9.77. The number of carbonyl (C=O) groups is 3. The summed E-state index contributed by atoms with van der Waals surface area (Å²) in [6.45, 7) is 13.8. The summed E-state index contributed by atoms with van der Waals surface area (Å²) in [7, 11) is -2.35. The second-order valence-electron chi connectivity index (χ2n) is 18.3. The molecular formula is C47H59N4O8PS2. The number of pyridine rings is 1. The van der Waals surface area contributed by atoms with E-state index in [1.165, 1.54) is 23.1 Å². The Morgan fingerprint density at radius 3 is 2.48 bits per heavy atom. The number of ketones is 1. The number of hydrogen-bond donors (Lipinski definition) is 2. The van der Waals surface area contributed by atoms with Gasteiger partial charge in [0, 0.05) is 46.7 Å². The molecule has 4 aromatic rings. The Hall–Kier alpha value is -4.23. The molecule has 1 amide bonds. The zero-order valence-electron chi connectivity index (χ0n) is 36.5. The molecule has 1 aliphatic heterocycles. The molecule has 3 aliphatic rings. The number of benzene rings is 2. The number of methoxy groups -OCH3 is 1. The highest BCUT2D eigenvalue weighted by Gasteiger charge is 2.65. The number of likely N-dealkylation sites (tertiary alicyclic amines) is 1. The normalized spacial score (nSPS) is 22.9. The average molecular weight is 903 g/mol. The second-order valence-corrected chi connectivity index (χ2v) is 23.3. The summed E-state index contributed by atoms with van der Waals surface area (Å²) in [6.07, 6.45) is 4.66. The van der Waals surface area contributed by atoms with Crippen LogP contribution in [0, 0.1) is 17.3 Å². The largest absolute Gasteiger partial charge is 0.497 e. The van der Waals surface area contributed by atoms with Crippen molar-refractivity contribution in [3.63, 3.8) is 0 Å². The number of allylic oxidation sites excluding steroid dienone is 1. The number of thioether (sulfide) groups is 1. The van der Waals surface area contributed by atoms with Gasteiger partial charge in [0.05, 0.1) is 53.9 Å². The van der Waals surface area contributed by atoms with E-state index < -0.39 is 42.0 Å². The first-order chi connectivity index (χ1) is 29.5. The Bertz CT molecular complexity index is 2330. The molecule has 7 rings (SSSR count). The fourth-order valence-electron chi connectivity index (χ4n) is 8.80. The van der Waals surface area contributed by atoms with Gasteiger partial charge in [-0.25, -0.2) is 9.97 Å². The summed E-state index contributed by atoms with van der Waals surface area (Å²) in [5.41, 5.74) is 1.14. The molecule has 3 fully saturated rings. The van der Waals surface area contributed by atoms with E-state index in [4.69, 9.17) is 24.2 Å². The lowest BCUT2D eigenvalue weighted by Gasteiger charge is -2.35. The van der Waals surface area contributed by atoms with Gasteiger partial charge in [0.2, 0.25) is 13.3 Å². The van der Waals surface area contributed by atoms with Gasteiger partial charge >= 0.3 is 5.97 Å². The standard InChI is InChI=1S/C47H59N4O8PS2/c1-8-30-24-47(30,60(55,56)28-62-34-16-10-9-11-17-34)25-41(52)40-21-33(26-51(40)44(54)36(46(4,5)6)22-43(53)59-31-14-12-13-15-31)58-42-23-38(39-27-61-45(50-39)48-29(2)3)49-37-20-32(57-7)18-19-35(37)42/h8-11,16-20,23,27,29-31,33,36,40H,1,12-15,21-22,24-26,28H2,2-7H3,(H,48,50)(H,55,56)/t30-,33-,36-,40+,47-/m1/s1. The minimum atomic E-state index is -3.94. The van der Waals surface area contributed by atoms with Crippen LogP contribution in [0.4, 0.5) is 5.13 Å². The number of carbonyl (C=O) groups excluding carboxylic acids is 3. The Morgan fingerprint density at radius 2 is 1.82 bits per heavy atom. The van der Waals surface area contributed by atoms with Crippen LogP contribution in [0.2, 0.25) is 0 Å². The van der Waals surface area contributed by atoms with Gasteiger partial charge in [-0.1, -0.05) is 45.0 Å². The fraction of sp³-hybridized carbons (Fsp3) is 0.511. The van der Waals surface area contributed by atoms with E-state index in [2.05, 4.69) is 11.9 Å². The average Bonchev–Trinajstić information content (AvgIpc) is 3.63. The molecule has 0 radical (unpaired) electrons. The summed E-state index contributed by atoms with van der Waals surface area (Å²) in [4.78, 5) is 67.2. The van der Waals surface area contributed by atoms with Crippen molar-refractivity contribution in [3.05, 3.63) is 72.6 Å². The van der Waals surface area contributed by atoms with Crippen LogP contribution in [0.25, 0.3) is 22.3 Å². The van der Waals surface area contributed by atoms with E-state index in [1.54, 1.807) is 18.1 Å². The van der Waals surface area contributed by atoms with Crippen LogP contribution in [-0.2, 0) is 23.7 Å². The van der Waals surface area contributed by atoms with Gasteiger partial charge in [0.15, 0.2) is 10.9 Å². The van der Waals surface area contributed by atoms with Gasteiger partial charge < -0.3 is 29.3 Å². The predicted molar refractivity (Wildman–Crippen MR) is 246 cm³/mol. The molecule has 12 nitrogen and oxygen atoms in total. The van der Waals surface area contributed by atoms with Crippen LogP contribution >= 0.6 is 30.5 Å². The van der Waals surface area contributed by atoms with Gasteiger partial charge in [-0.2, -0.15) is 0 Å². The van der Waals surface area contributed by atoms with Crippen molar-refractivity contribution in [2.24, 2.45) is 17.3 Å². The Balaban J connectivity index is 1.21. The van der Waals surface area contributed by atoms with Gasteiger partial charge in [-0.3, -0.25) is 18.9 Å². The van der Waals surface area contributed by atoms with Crippen molar-refractivity contribution >= 4 is 64.2 Å². The van der Waals surface area contributed by atoms with Gasteiger partial charge in [-0.15, -0.1) is 29.7 Å². The number of nitrogens with zero attached hydrogens (tertiary/aromatic N) is 3. The van der Waals surface area contributed by atoms with Crippen molar-refractivity contribution in [1.82, 2.24) is 14.9 Å². The number of esters is 1. The van der Waals surface area contributed by atoms with E-state index in [-0.39, 0.29) is 61.1 Å². The molecule has 2 aliphatic carbocycles. The number of amides is 1. The summed E-state index contributed by atoms with van der Waals surface area (Å²) >= 11 is 2.77. The van der Waals surface area contributed by atoms with Crippen LogP contribution in [0.1, 0.15) is 86.0 Å². The molecule has 1 unspecified atom stereocenters. The van der Waals surface area contributed by atoms with Crippen LogP contribution in [0.3, 0.4) is 0 Å². The highest BCUT2D eigenvalue weighted by atomic mass is 32.2. The van der Waals surface area contributed by atoms with Gasteiger partial charge in [0.25, 0.3) is 0 Å². The first-order valence-corrected chi connectivity index (χ1v) is 25.2. The number of ether oxygens (including phenoxy) is 3. The Morgan fingerprint density at radius 1 is 1.08 bits per heavy atom. The van der Waals surface area contributed by atoms with Crippen molar-refractivity contribution in [1.29, 1.82) is 0 Å². The van der Waals surface area contributed by atoms with Crippen LogP contribution in [-0.4, -0.2) is 86.0 Å². The Kier molecular flexibility index (Phi) is 13.9. The molecular weight excluding hydrogens is 844 g/mol. The van der Waals surface area contributed by atoms with Crippen molar-refractivity contribution in [3.8, 4) is 22.9 Å². The van der Waals surface area contributed by atoms with Crippen LogP contribution in [0.5, 0.6) is 11.5 Å². The minimum Gasteiger partial charge on any atom is -0.497 e. The molecule has 3 heterocycles. The number of thiazole rings is 1. The molecule has 62 heavy (non-hydrogen) atoms. The third kappa shape index (κ3) is 10.2. The molecule has 1 saturated heterocycles. The highest BCUT2D eigenvalue weighted by Crippen LogP contribution is 2.74. The number of nitrogens with one attached hydrogen (secondary N) is 1. The monoisotopic (exact) mass is 902 g/mol. The maximum Gasteiger partial charge on any atom is 0.306 e. The topological polar surface area (TPSA) is 157 Å². The Labute approximate surface area is 373 Å². The van der Waals surface area contributed by atoms with Crippen molar-refractivity contribution in [2.75, 3.05) is 24.5 Å². The summed E-state index contributed by atoms with van der Waals surface area (Å²) in [5, 5.41) is 5.55. The van der Waals surface area contributed by atoms with E-state index in [9.17, 15) is 23.8 Å². The maximum absolute atomic E-state index is 15.0. The first kappa shape index (κ1) is 45.8. The fourth-order valence-corrected chi connectivity index (χ4v) is 13.8. The molecule has 15 heteroatoms. The summed E-state index contributed by atoms with van der Waals surface area (Å²) in [6, 6.07) is 16.0. The zero-order valence-corrected chi connectivity index (χ0v) is 39.0. The summed E-state index contributed by atoms with van der Waals surface area (Å²) in [5.74, 6) is -1.10. The molecule has 2 aromatic heterocycles. The number of Topliss-reactive ketones (excluding diaryl/α,β-unsaturated/α-hetero) is 1. The van der Waals surface area contributed by atoms with E-state index in [0.717, 1.165) is 35.7 Å². The zero-order chi connectivity index (χ0) is 44.4. The molecule has 0 spiro atoms.